The van der Waals surface area contributed by atoms with E-state index in [1.54, 1.807) is 4.31 Å². The number of aryl methyl sites for hydroxylation is 1. The Morgan fingerprint density at radius 2 is 2.26 bits per heavy atom. The summed E-state index contributed by atoms with van der Waals surface area (Å²) in [6.07, 6.45) is 0. The highest BCUT2D eigenvalue weighted by molar-refractivity contribution is 7.99. The summed E-state index contributed by atoms with van der Waals surface area (Å²) in [5, 5.41) is 4.98. The van der Waals surface area contributed by atoms with E-state index < -0.39 is 10.0 Å². The van der Waals surface area contributed by atoms with Crippen LogP contribution in [0.2, 0.25) is 0 Å². The van der Waals surface area contributed by atoms with E-state index in [9.17, 15) is 8.42 Å². The smallest absolute Gasteiger partial charge is 0.244 e. The van der Waals surface area contributed by atoms with Gasteiger partial charge in [0.25, 0.3) is 0 Å². The highest BCUT2D eigenvalue weighted by Gasteiger charge is 2.34. The molecule has 0 amide bonds. The molecule has 1 aliphatic heterocycles. The van der Waals surface area contributed by atoms with Crippen molar-refractivity contribution < 1.29 is 8.42 Å². The summed E-state index contributed by atoms with van der Waals surface area (Å²) in [5.74, 6) is 1.76. The topological polar surface area (TPSA) is 49.4 Å². The lowest BCUT2D eigenvalue weighted by atomic mass is 10.3. The zero-order valence-corrected chi connectivity index (χ0v) is 13.9. The SMILES string of the molecule is CNCc1scc(C)c1S(=O)(=O)N1CCSCC1C. The summed E-state index contributed by atoms with van der Waals surface area (Å²) >= 11 is 3.34. The number of nitrogens with one attached hydrogen (secondary N) is 1. The predicted octanol–water partition coefficient (Wildman–Crippen LogP) is 1.90. The molecule has 1 aromatic heterocycles. The van der Waals surface area contributed by atoms with Crippen molar-refractivity contribution in [2.45, 2.75) is 31.3 Å². The number of hydrogen-bond donors (Lipinski definition) is 1. The summed E-state index contributed by atoms with van der Waals surface area (Å²) in [6, 6.07) is 0.0745. The van der Waals surface area contributed by atoms with Crippen LogP contribution >= 0.6 is 23.1 Å². The molecular formula is C12H20N2O2S3. The van der Waals surface area contributed by atoms with Gasteiger partial charge in [0, 0.05) is 35.5 Å². The number of thioether (sulfide) groups is 1. The molecule has 0 aromatic carbocycles. The molecule has 1 atom stereocenters. The van der Waals surface area contributed by atoms with Gasteiger partial charge in [-0.3, -0.25) is 0 Å². The Morgan fingerprint density at radius 3 is 2.89 bits per heavy atom. The van der Waals surface area contributed by atoms with Gasteiger partial charge in [-0.2, -0.15) is 16.1 Å². The van der Waals surface area contributed by atoms with Crippen molar-refractivity contribution >= 4 is 33.1 Å². The van der Waals surface area contributed by atoms with Crippen LogP contribution in [0.5, 0.6) is 0 Å². The Morgan fingerprint density at radius 1 is 1.53 bits per heavy atom. The lowest BCUT2D eigenvalue weighted by Crippen LogP contribution is -2.44. The van der Waals surface area contributed by atoms with Gasteiger partial charge < -0.3 is 5.32 Å². The molecular weight excluding hydrogens is 300 g/mol. The van der Waals surface area contributed by atoms with Crippen LogP contribution in [-0.2, 0) is 16.6 Å². The average molecular weight is 321 g/mol. The van der Waals surface area contributed by atoms with Gasteiger partial charge in [0.1, 0.15) is 4.90 Å². The highest BCUT2D eigenvalue weighted by Crippen LogP contribution is 2.32. The molecule has 1 fully saturated rings. The van der Waals surface area contributed by atoms with Crippen molar-refractivity contribution in [3.8, 4) is 0 Å². The molecule has 0 saturated carbocycles. The van der Waals surface area contributed by atoms with Crippen LogP contribution in [0.3, 0.4) is 0 Å². The Kier molecular flexibility index (Phi) is 4.94. The van der Waals surface area contributed by atoms with E-state index in [2.05, 4.69) is 5.32 Å². The van der Waals surface area contributed by atoms with Crippen molar-refractivity contribution in [1.82, 2.24) is 9.62 Å². The third-order valence-corrected chi connectivity index (χ3v) is 7.87. The molecule has 1 aliphatic rings. The molecule has 0 radical (unpaired) electrons. The molecule has 0 bridgehead atoms. The molecule has 0 aliphatic carbocycles. The van der Waals surface area contributed by atoms with E-state index in [0.29, 0.717) is 18.0 Å². The van der Waals surface area contributed by atoms with E-state index in [0.717, 1.165) is 21.9 Å². The molecule has 4 nitrogen and oxygen atoms in total. The highest BCUT2D eigenvalue weighted by atomic mass is 32.2. The summed E-state index contributed by atoms with van der Waals surface area (Å²) in [5.41, 5.74) is 0.862. The van der Waals surface area contributed by atoms with E-state index in [1.165, 1.54) is 11.3 Å². The first-order valence-corrected chi connectivity index (χ1v) is 9.77. The fourth-order valence-corrected chi connectivity index (χ4v) is 6.93. The Hall–Kier alpha value is -0.0800. The zero-order valence-electron chi connectivity index (χ0n) is 11.5. The fourth-order valence-electron chi connectivity index (χ4n) is 2.30. The molecule has 0 spiro atoms. The number of thiophene rings is 1. The van der Waals surface area contributed by atoms with E-state index in [4.69, 9.17) is 0 Å². The Balaban J connectivity index is 2.41. The van der Waals surface area contributed by atoms with Gasteiger partial charge in [-0.25, -0.2) is 8.42 Å². The number of nitrogens with zero attached hydrogens (tertiary/aromatic N) is 1. The molecule has 2 rings (SSSR count). The zero-order chi connectivity index (χ0) is 14.0. The predicted molar refractivity (Wildman–Crippen MR) is 82.5 cm³/mol. The molecule has 1 saturated heterocycles. The second kappa shape index (κ2) is 6.13. The molecule has 7 heteroatoms. The van der Waals surface area contributed by atoms with Crippen LogP contribution in [0.25, 0.3) is 0 Å². The summed E-state index contributed by atoms with van der Waals surface area (Å²) in [7, 11) is -1.52. The quantitative estimate of drug-likeness (QED) is 0.920. The molecule has 1 unspecified atom stereocenters. The first-order chi connectivity index (χ1) is 8.98. The lowest BCUT2D eigenvalue weighted by Gasteiger charge is -2.32. The van der Waals surface area contributed by atoms with Crippen LogP contribution in [-0.4, -0.2) is 43.9 Å². The van der Waals surface area contributed by atoms with Crippen LogP contribution in [0.15, 0.2) is 10.3 Å². The number of sulfonamides is 1. The first kappa shape index (κ1) is 15.3. The second-order valence-electron chi connectivity index (χ2n) is 4.74. The van der Waals surface area contributed by atoms with Gasteiger partial charge in [0.15, 0.2) is 0 Å². The third-order valence-electron chi connectivity index (χ3n) is 3.20. The summed E-state index contributed by atoms with van der Waals surface area (Å²) < 4.78 is 27.4. The van der Waals surface area contributed by atoms with Crippen LogP contribution in [0.1, 0.15) is 17.4 Å². The third kappa shape index (κ3) is 3.00. The van der Waals surface area contributed by atoms with Gasteiger partial charge in [-0.15, -0.1) is 11.3 Å². The Bertz CT molecular complexity index is 539. The maximum atomic E-state index is 12.9. The maximum Gasteiger partial charge on any atom is 0.244 e. The van der Waals surface area contributed by atoms with Gasteiger partial charge in [0.2, 0.25) is 10.0 Å². The number of rotatable bonds is 4. The minimum atomic E-state index is -3.36. The molecule has 2 heterocycles. The minimum absolute atomic E-state index is 0.0745. The average Bonchev–Trinajstić information content (AvgIpc) is 2.72. The standard InChI is InChI=1S/C12H20N2O2S3/c1-9-7-18-11(6-13-3)12(9)19(15,16)14-4-5-17-8-10(14)2/h7,10,13H,4-6,8H2,1-3H3. The first-order valence-electron chi connectivity index (χ1n) is 6.29. The largest absolute Gasteiger partial charge is 0.315 e. The van der Waals surface area contributed by atoms with E-state index >= 15 is 0 Å². The molecule has 1 aromatic rings. The summed E-state index contributed by atoms with van der Waals surface area (Å²) in [4.78, 5) is 1.43. The normalized spacial score (nSPS) is 21.7. The molecule has 108 valence electrons. The van der Waals surface area contributed by atoms with Gasteiger partial charge in [-0.05, 0) is 31.8 Å². The lowest BCUT2D eigenvalue weighted by molar-refractivity contribution is 0.367. The Labute approximate surface area is 123 Å². The second-order valence-corrected chi connectivity index (χ2v) is 8.68. The summed E-state index contributed by atoms with van der Waals surface area (Å²) in [6.45, 7) is 5.08. The van der Waals surface area contributed by atoms with Crippen LogP contribution in [0, 0.1) is 6.92 Å². The monoisotopic (exact) mass is 320 g/mol. The number of hydrogen-bond acceptors (Lipinski definition) is 5. The van der Waals surface area contributed by atoms with Crippen molar-refractivity contribution in [2.24, 2.45) is 0 Å². The van der Waals surface area contributed by atoms with Crippen molar-refractivity contribution in [3.63, 3.8) is 0 Å². The van der Waals surface area contributed by atoms with Gasteiger partial charge in [-0.1, -0.05) is 0 Å². The fraction of sp³-hybridized carbons (Fsp3) is 0.667. The van der Waals surface area contributed by atoms with Crippen molar-refractivity contribution in [3.05, 3.63) is 15.8 Å². The van der Waals surface area contributed by atoms with E-state index in [1.807, 2.05) is 38.0 Å². The van der Waals surface area contributed by atoms with Crippen LogP contribution in [0.4, 0.5) is 0 Å². The van der Waals surface area contributed by atoms with Gasteiger partial charge >= 0.3 is 0 Å². The molecule has 19 heavy (non-hydrogen) atoms. The minimum Gasteiger partial charge on any atom is -0.315 e. The van der Waals surface area contributed by atoms with Crippen molar-refractivity contribution in [2.75, 3.05) is 25.1 Å². The molecule has 1 N–H and O–H groups in total. The van der Waals surface area contributed by atoms with Crippen LogP contribution < -0.4 is 5.32 Å². The van der Waals surface area contributed by atoms with E-state index in [-0.39, 0.29) is 6.04 Å². The van der Waals surface area contributed by atoms with Gasteiger partial charge in [0.05, 0.1) is 0 Å². The van der Waals surface area contributed by atoms with Crippen molar-refractivity contribution in [1.29, 1.82) is 0 Å². The maximum absolute atomic E-state index is 12.9.